The largest absolute Gasteiger partial charge is 0.339 e. The predicted octanol–water partition coefficient (Wildman–Crippen LogP) is 1.19. The molecule has 20 heavy (non-hydrogen) atoms. The lowest BCUT2D eigenvalue weighted by atomic mass is 10.2. The van der Waals surface area contributed by atoms with Crippen molar-refractivity contribution in [2.75, 3.05) is 32.7 Å². The van der Waals surface area contributed by atoms with E-state index in [0.29, 0.717) is 0 Å². The summed E-state index contributed by atoms with van der Waals surface area (Å²) < 4.78 is 0. The minimum absolute atomic E-state index is 0.0597. The van der Waals surface area contributed by atoms with Gasteiger partial charge in [0, 0.05) is 32.7 Å². The molecule has 1 fully saturated rings. The Morgan fingerprint density at radius 1 is 1.25 bits per heavy atom. The van der Waals surface area contributed by atoms with Crippen molar-refractivity contribution in [1.82, 2.24) is 9.80 Å². The smallest absolute Gasteiger partial charge is 0.239 e. The van der Waals surface area contributed by atoms with E-state index in [-0.39, 0.29) is 11.9 Å². The molecular weight excluding hydrogens is 250 g/mol. The van der Waals surface area contributed by atoms with Crippen molar-refractivity contribution in [1.29, 1.82) is 0 Å². The molecule has 0 saturated carbocycles. The summed E-state index contributed by atoms with van der Waals surface area (Å²) in [5.41, 5.74) is 6.85. The number of carbonyl (C=O) groups excluding carboxylic acids is 1. The van der Waals surface area contributed by atoms with Gasteiger partial charge in [0.2, 0.25) is 5.91 Å². The monoisotopic (exact) mass is 273 g/mol. The Bertz CT molecular complexity index is 448. The molecule has 1 saturated heterocycles. The van der Waals surface area contributed by atoms with Gasteiger partial charge in [0.1, 0.15) is 0 Å². The van der Waals surface area contributed by atoms with Gasteiger partial charge < -0.3 is 10.6 Å². The van der Waals surface area contributed by atoms with Crippen LogP contribution in [0.2, 0.25) is 0 Å². The Labute approximate surface area is 120 Å². The van der Waals surface area contributed by atoms with Crippen LogP contribution in [0.15, 0.2) is 36.4 Å². The molecule has 2 rings (SSSR count). The van der Waals surface area contributed by atoms with Gasteiger partial charge in [0.15, 0.2) is 0 Å². The summed E-state index contributed by atoms with van der Waals surface area (Å²) in [4.78, 5) is 16.0. The first-order valence-electron chi connectivity index (χ1n) is 7.15. The molecule has 108 valence electrons. The fourth-order valence-corrected chi connectivity index (χ4v) is 2.34. The number of carbonyl (C=O) groups is 1. The topological polar surface area (TPSA) is 49.6 Å². The lowest BCUT2D eigenvalue weighted by Gasteiger charge is -2.34. The van der Waals surface area contributed by atoms with E-state index in [1.54, 1.807) is 6.92 Å². The molecule has 4 heteroatoms. The number of piperazine rings is 1. The summed E-state index contributed by atoms with van der Waals surface area (Å²) in [5.74, 6) is 0.0597. The van der Waals surface area contributed by atoms with E-state index in [1.807, 2.05) is 23.1 Å². The molecular formula is C16H23N3O. The molecule has 1 amide bonds. The molecule has 1 heterocycles. The molecule has 1 aliphatic heterocycles. The van der Waals surface area contributed by atoms with E-state index in [9.17, 15) is 4.79 Å². The first-order valence-corrected chi connectivity index (χ1v) is 7.15. The highest BCUT2D eigenvalue weighted by Gasteiger charge is 2.22. The quantitative estimate of drug-likeness (QED) is 0.896. The second kappa shape index (κ2) is 7.22. The van der Waals surface area contributed by atoms with Crippen molar-refractivity contribution < 1.29 is 4.79 Å². The maximum Gasteiger partial charge on any atom is 0.239 e. The number of hydrogen-bond donors (Lipinski definition) is 1. The third-order valence-corrected chi connectivity index (χ3v) is 3.55. The van der Waals surface area contributed by atoms with Gasteiger partial charge in [-0.25, -0.2) is 0 Å². The van der Waals surface area contributed by atoms with Crippen molar-refractivity contribution in [2.24, 2.45) is 5.73 Å². The van der Waals surface area contributed by atoms with Crippen LogP contribution in [0.1, 0.15) is 12.5 Å². The summed E-state index contributed by atoms with van der Waals surface area (Å²) in [6.07, 6.45) is 4.32. The minimum atomic E-state index is -0.389. The molecule has 1 atom stereocenters. The van der Waals surface area contributed by atoms with Crippen LogP contribution in [-0.2, 0) is 4.79 Å². The molecule has 0 spiro atoms. The molecule has 0 aliphatic carbocycles. The van der Waals surface area contributed by atoms with Gasteiger partial charge in [-0.15, -0.1) is 0 Å². The molecule has 1 aliphatic rings. The second-order valence-corrected chi connectivity index (χ2v) is 5.23. The van der Waals surface area contributed by atoms with Gasteiger partial charge in [0.05, 0.1) is 6.04 Å². The maximum atomic E-state index is 11.8. The van der Waals surface area contributed by atoms with Crippen LogP contribution in [0.5, 0.6) is 0 Å². The molecule has 0 radical (unpaired) electrons. The molecule has 1 aromatic carbocycles. The molecule has 4 nitrogen and oxygen atoms in total. The summed E-state index contributed by atoms with van der Waals surface area (Å²) in [6.45, 7) is 6.06. The number of nitrogens with two attached hydrogens (primary N) is 1. The SMILES string of the molecule is C[C@@H](N)C(=O)N1CCN(C/C=C/c2ccccc2)CC1. The average Bonchev–Trinajstić information content (AvgIpc) is 2.48. The molecule has 0 bridgehead atoms. The number of amides is 1. The van der Waals surface area contributed by atoms with Crippen molar-refractivity contribution >= 4 is 12.0 Å². The van der Waals surface area contributed by atoms with Crippen LogP contribution in [0.4, 0.5) is 0 Å². The summed E-state index contributed by atoms with van der Waals surface area (Å²) in [6, 6.07) is 9.90. The van der Waals surface area contributed by atoms with E-state index >= 15 is 0 Å². The van der Waals surface area contributed by atoms with Gasteiger partial charge in [-0.05, 0) is 12.5 Å². The number of nitrogens with zero attached hydrogens (tertiary/aromatic N) is 2. The zero-order valence-electron chi connectivity index (χ0n) is 12.0. The fourth-order valence-electron chi connectivity index (χ4n) is 2.34. The Balaban J connectivity index is 1.75. The van der Waals surface area contributed by atoms with Crippen LogP contribution in [0.25, 0.3) is 6.08 Å². The number of hydrogen-bond acceptors (Lipinski definition) is 3. The van der Waals surface area contributed by atoms with Gasteiger partial charge in [0.25, 0.3) is 0 Å². The average molecular weight is 273 g/mol. The first kappa shape index (κ1) is 14.8. The molecule has 1 aromatic rings. The maximum absolute atomic E-state index is 11.8. The first-order chi connectivity index (χ1) is 9.66. The fraction of sp³-hybridized carbons (Fsp3) is 0.438. The Morgan fingerprint density at radius 3 is 2.50 bits per heavy atom. The van der Waals surface area contributed by atoms with E-state index in [1.165, 1.54) is 5.56 Å². The van der Waals surface area contributed by atoms with Gasteiger partial charge in [-0.3, -0.25) is 9.69 Å². The lowest BCUT2D eigenvalue weighted by Crippen LogP contribution is -2.52. The Morgan fingerprint density at radius 2 is 1.90 bits per heavy atom. The summed E-state index contributed by atoms with van der Waals surface area (Å²) in [5, 5.41) is 0. The molecule has 0 unspecified atom stereocenters. The highest BCUT2D eigenvalue weighted by atomic mass is 16.2. The van der Waals surface area contributed by atoms with Crippen LogP contribution < -0.4 is 5.73 Å². The molecule has 2 N–H and O–H groups in total. The predicted molar refractivity (Wildman–Crippen MR) is 82.1 cm³/mol. The van der Waals surface area contributed by atoms with E-state index in [0.717, 1.165) is 32.7 Å². The van der Waals surface area contributed by atoms with Crippen LogP contribution in [-0.4, -0.2) is 54.5 Å². The third-order valence-electron chi connectivity index (χ3n) is 3.55. The van der Waals surface area contributed by atoms with Crippen molar-refractivity contribution in [2.45, 2.75) is 13.0 Å². The Hall–Kier alpha value is -1.65. The highest BCUT2D eigenvalue weighted by Crippen LogP contribution is 2.05. The normalized spacial score (nSPS) is 18.4. The lowest BCUT2D eigenvalue weighted by molar-refractivity contribution is -0.133. The van der Waals surface area contributed by atoms with Gasteiger partial charge >= 0.3 is 0 Å². The summed E-state index contributed by atoms with van der Waals surface area (Å²) >= 11 is 0. The van der Waals surface area contributed by atoms with E-state index in [2.05, 4.69) is 29.2 Å². The highest BCUT2D eigenvalue weighted by molar-refractivity contribution is 5.81. The van der Waals surface area contributed by atoms with Crippen LogP contribution in [0.3, 0.4) is 0 Å². The minimum Gasteiger partial charge on any atom is -0.339 e. The van der Waals surface area contributed by atoms with E-state index in [4.69, 9.17) is 5.73 Å². The van der Waals surface area contributed by atoms with Crippen molar-refractivity contribution in [3.05, 3.63) is 42.0 Å². The standard InChI is InChI=1S/C16H23N3O/c1-14(17)16(20)19-12-10-18(11-13-19)9-5-8-15-6-3-2-4-7-15/h2-8,14H,9-13,17H2,1H3/b8-5+/t14-/m1/s1. The Kier molecular flexibility index (Phi) is 5.32. The van der Waals surface area contributed by atoms with Gasteiger partial charge in [-0.1, -0.05) is 42.5 Å². The van der Waals surface area contributed by atoms with Crippen LogP contribution in [0, 0.1) is 0 Å². The number of rotatable bonds is 4. The van der Waals surface area contributed by atoms with Gasteiger partial charge in [-0.2, -0.15) is 0 Å². The third kappa shape index (κ3) is 4.18. The number of benzene rings is 1. The van der Waals surface area contributed by atoms with Crippen molar-refractivity contribution in [3.63, 3.8) is 0 Å². The zero-order valence-corrected chi connectivity index (χ0v) is 12.0. The summed E-state index contributed by atoms with van der Waals surface area (Å²) in [7, 11) is 0. The van der Waals surface area contributed by atoms with E-state index < -0.39 is 0 Å². The van der Waals surface area contributed by atoms with Crippen molar-refractivity contribution in [3.8, 4) is 0 Å². The zero-order chi connectivity index (χ0) is 14.4. The molecule has 0 aromatic heterocycles. The van der Waals surface area contributed by atoms with Crippen LogP contribution >= 0.6 is 0 Å². The second-order valence-electron chi connectivity index (χ2n) is 5.23.